The number of hydrogen-bond donors (Lipinski definition) is 1. The summed E-state index contributed by atoms with van der Waals surface area (Å²) in [5.74, 6) is 0. The van der Waals surface area contributed by atoms with Crippen molar-refractivity contribution in [2.24, 2.45) is 5.41 Å². The summed E-state index contributed by atoms with van der Waals surface area (Å²) in [6.07, 6.45) is 2.44. The highest BCUT2D eigenvalue weighted by molar-refractivity contribution is 4.86. The van der Waals surface area contributed by atoms with Crippen LogP contribution in [0.4, 0.5) is 0 Å². The lowest BCUT2D eigenvalue weighted by molar-refractivity contribution is -0.0247. The molecule has 1 unspecified atom stereocenters. The second-order valence-corrected chi connectivity index (χ2v) is 5.12. The van der Waals surface area contributed by atoms with Gasteiger partial charge in [0, 0.05) is 38.3 Å². The fourth-order valence-corrected chi connectivity index (χ4v) is 2.62. The average molecular weight is 244 g/mol. The predicted octanol–water partition coefficient (Wildman–Crippen LogP) is 0.971. The highest BCUT2D eigenvalue weighted by Crippen LogP contribution is 2.28. The highest BCUT2D eigenvalue weighted by Gasteiger charge is 2.33. The normalized spacial score (nSPS) is 25.4. The fraction of sp³-hybridized carbons (Fsp3) is 1.00. The Morgan fingerprint density at radius 3 is 2.88 bits per heavy atom. The smallest absolute Gasteiger partial charge is 0.0593 e. The maximum absolute atomic E-state index is 5.67. The van der Waals surface area contributed by atoms with Crippen LogP contribution in [0.3, 0.4) is 0 Å². The first-order chi connectivity index (χ1) is 8.22. The van der Waals surface area contributed by atoms with Crippen LogP contribution in [0.15, 0.2) is 0 Å². The van der Waals surface area contributed by atoms with Crippen molar-refractivity contribution >= 4 is 0 Å². The molecule has 1 saturated heterocycles. The van der Waals surface area contributed by atoms with Crippen molar-refractivity contribution < 1.29 is 9.47 Å². The van der Waals surface area contributed by atoms with E-state index in [1.807, 2.05) is 14.0 Å². The minimum Gasteiger partial charge on any atom is -0.381 e. The molecular weight excluding hydrogens is 216 g/mol. The molecule has 0 aromatic heterocycles. The Balaban J connectivity index is 2.36. The Labute approximate surface area is 106 Å². The summed E-state index contributed by atoms with van der Waals surface area (Å²) >= 11 is 0. The van der Waals surface area contributed by atoms with Crippen molar-refractivity contribution in [3.63, 3.8) is 0 Å². The van der Waals surface area contributed by atoms with Crippen LogP contribution in [0.5, 0.6) is 0 Å². The third-order valence-electron chi connectivity index (χ3n) is 3.38. The zero-order valence-electron chi connectivity index (χ0n) is 11.6. The summed E-state index contributed by atoms with van der Waals surface area (Å²) in [5, 5.41) is 3.31. The Kier molecular flexibility index (Phi) is 7.04. The zero-order chi connectivity index (χ0) is 12.6. The molecule has 4 nitrogen and oxygen atoms in total. The molecular formula is C13H28N2O2. The van der Waals surface area contributed by atoms with E-state index in [-0.39, 0.29) is 5.41 Å². The second-order valence-electron chi connectivity index (χ2n) is 5.12. The van der Waals surface area contributed by atoms with Gasteiger partial charge in [-0.1, -0.05) is 0 Å². The van der Waals surface area contributed by atoms with Gasteiger partial charge in [0.15, 0.2) is 0 Å². The van der Waals surface area contributed by atoms with Gasteiger partial charge in [-0.15, -0.1) is 0 Å². The van der Waals surface area contributed by atoms with Crippen LogP contribution in [0.25, 0.3) is 0 Å². The Bertz CT molecular complexity index is 188. The monoisotopic (exact) mass is 244 g/mol. The molecule has 4 heteroatoms. The van der Waals surface area contributed by atoms with E-state index in [1.54, 1.807) is 0 Å². The van der Waals surface area contributed by atoms with Crippen molar-refractivity contribution in [3.8, 4) is 0 Å². The van der Waals surface area contributed by atoms with Crippen LogP contribution in [-0.2, 0) is 9.47 Å². The molecule has 1 heterocycles. The molecule has 102 valence electrons. The Morgan fingerprint density at radius 2 is 2.29 bits per heavy atom. The lowest BCUT2D eigenvalue weighted by atomic mass is 9.82. The first kappa shape index (κ1) is 14.9. The number of nitrogens with one attached hydrogen (secondary N) is 1. The molecule has 0 aliphatic carbocycles. The standard InChI is InChI=1S/C13H28N2O2/c1-4-16-9-7-15(3)11-13(10-14-2)6-5-8-17-12-13/h14H,4-12H2,1-3H3. The lowest BCUT2D eigenvalue weighted by Crippen LogP contribution is -2.48. The zero-order valence-corrected chi connectivity index (χ0v) is 11.6. The molecule has 1 atom stereocenters. The maximum Gasteiger partial charge on any atom is 0.0593 e. The topological polar surface area (TPSA) is 33.7 Å². The molecule has 0 saturated carbocycles. The number of likely N-dealkylation sites (N-methyl/N-ethyl adjacent to an activating group) is 1. The van der Waals surface area contributed by atoms with E-state index < -0.39 is 0 Å². The lowest BCUT2D eigenvalue weighted by Gasteiger charge is -2.39. The first-order valence-electron chi connectivity index (χ1n) is 6.71. The molecule has 0 radical (unpaired) electrons. The van der Waals surface area contributed by atoms with E-state index in [1.165, 1.54) is 12.8 Å². The SMILES string of the molecule is CCOCCN(C)CC1(CNC)CCCOC1. The van der Waals surface area contributed by atoms with E-state index in [4.69, 9.17) is 9.47 Å². The molecule has 0 spiro atoms. The molecule has 1 fully saturated rings. The largest absolute Gasteiger partial charge is 0.381 e. The Hall–Kier alpha value is -0.160. The molecule has 0 amide bonds. The van der Waals surface area contributed by atoms with Gasteiger partial charge in [-0.05, 0) is 33.9 Å². The molecule has 1 rings (SSSR count). The number of rotatable bonds is 8. The molecule has 0 aromatic carbocycles. The predicted molar refractivity (Wildman–Crippen MR) is 70.4 cm³/mol. The van der Waals surface area contributed by atoms with Crippen LogP contribution < -0.4 is 5.32 Å². The van der Waals surface area contributed by atoms with Crippen molar-refractivity contribution in [2.75, 3.05) is 60.2 Å². The second kappa shape index (κ2) is 8.03. The van der Waals surface area contributed by atoms with E-state index >= 15 is 0 Å². The minimum absolute atomic E-state index is 0.286. The molecule has 0 aromatic rings. The summed E-state index contributed by atoms with van der Waals surface area (Å²) in [4.78, 5) is 2.36. The summed E-state index contributed by atoms with van der Waals surface area (Å²) < 4.78 is 11.1. The van der Waals surface area contributed by atoms with Gasteiger partial charge in [0.2, 0.25) is 0 Å². The summed E-state index contributed by atoms with van der Waals surface area (Å²) in [6, 6.07) is 0. The van der Waals surface area contributed by atoms with Crippen molar-refractivity contribution in [1.29, 1.82) is 0 Å². The molecule has 1 aliphatic heterocycles. The quantitative estimate of drug-likeness (QED) is 0.645. The third kappa shape index (κ3) is 5.34. The van der Waals surface area contributed by atoms with Crippen LogP contribution in [0.1, 0.15) is 19.8 Å². The van der Waals surface area contributed by atoms with E-state index in [0.717, 1.165) is 46.1 Å². The van der Waals surface area contributed by atoms with Crippen molar-refractivity contribution in [3.05, 3.63) is 0 Å². The van der Waals surface area contributed by atoms with Crippen molar-refractivity contribution in [1.82, 2.24) is 10.2 Å². The molecule has 1 N–H and O–H groups in total. The van der Waals surface area contributed by atoms with E-state index in [2.05, 4.69) is 17.3 Å². The van der Waals surface area contributed by atoms with Gasteiger partial charge < -0.3 is 19.7 Å². The van der Waals surface area contributed by atoms with Gasteiger partial charge in [-0.25, -0.2) is 0 Å². The van der Waals surface area contributed by atoms with Crippen LogP contribution in [0.2, 0.25) is 0 Å². The molecule has 1 aliphatic rings. The minimum atomic E-state index is 0.286. The van der Waals surface area contributed by atoms with Gasteiger partial charge in [-0.2, -0.15) is 0 Å². The van der Waals surface area contributed by atoms with E-state index in [9.17, 15) is 0 Å². The van der Waals surface area contributed by atoms with Gasteiger partial charge in [0.25, 0.3) is 0 Å². The van der Waals surface area contributed by atoms with Crippen LogP contribution in [-0.4, -0.2) is 65.1 Å². The fourth-order valence-electron chi connectivity index (χ4n) is 2.62. The number of nitrogens with zero attached hydrogens (tertiary/aromatic N) is 1. The van der Waals surface area contributed by atoms with Crippen molar-refractivity contribution in [2.45, 2.75) is 19.8 Å². The average Bonchev–Trinajstić information content (AvgIpc) is 2.30. The van der Waals surface area contributed by atoms with Gasteiger partial charge in [0.1, 0.15) is 0 Å². The van der Waals surface area contributed by atoms with Crippen LogP contribution in [0, 0.1) is 5.41 Å². The number of hydrogen-bond acceptors (Lipinski definition) is 4. The molecule has 0 bridgehead atoms. The Morgan fingerprint density at radius 1 is 1.47 bits per heavy atom. The molecule has 17 heavy (non-hydrogen) atoms. The number of ether oxygens (including phenoxy) is 2. The summed E-state index contributed by atoms with van der Waals surface area (Å²) in [5.41, 5.74) is 0.286. The summed E-state index contributed by atoms with van der Waals surface area (Å²) in [7, 11) is 4.20. The van der Waals surface area contributed by atoms with Gasteiger partial charge in [0.05, 0.1) is 13.2 Å². The first-order valence-corrected chi connectivity index (χ1v) is 6.71. The maximum atomic E-state index is 5.67. The van der Waals surface area contributed by atoms with Crippen LogP contribution >= 0.6 is 0 Å². The summed E-state index contributed by atoms with van der Waals surface area (Å²) in [6.45, 7) is 8.59. The van der Waals surface area contributed by atoms with Gasteiger partial charge in [-0.3, -0.25) is 0 Å². The van der Waals surface area contributed by atoms with Gasteiger partial charge >= 0.3 is 0 Å². The van der Waals surface area contributed by atoms with E-state index in [0.29, 0.717) is 0 Å². The highest BCUT2D eigenvalue weighted by atomic mass is 16.5. The third-order valence-corrected chi connectivity index (χ3v) is 3.38.